The van der Waals surface area contributed by atoms with Gasteiger partial charge < -0.3 is 20.0 Å². The van der Waals surface area contributed by atoms with Crippen LogP contribution in [-0.4, -0.2) is 49.3 Å². The van der Waals surface area contributed by atoms with Gasteiger partial charge >= 0.3 is 0 Å². The maximum absolute atomic E-state index is 12.0. The van der Waals surface area contributed by atoms with Crippen molar-refractivity contribution in [2.45, 2.75) is 26.3 Å². The number of carbonyl (C=O) groups is 3. The van der Waals surface area contributed by atoms with E-state index in [0.717, 1.165) is 0 Å². The first-order chi connectivity index (χ1) is 10.3. The number of hydrogen-bond acceptors (Lipinski definition) is 4. The second-order valence-corrected chi connectivity index (χ2v) is 5.64. The Balaban J connectivity index is 2.52. The molecule has 0 saturated heterocycles. The number of carbonyl (C=O) groups excluding carboxylic acids is 3. The maximum Gasteiger partial charge on any atom is 0.287 e. The summed E-state index contributed by atoms with van der Waals surface area (Å²) in [7, 11) is 3.28. The van der Waals surface area contributed by atoms with E-state index in [1.165, 1.54) is 17.2 Å². The summed E-state index contributed by atoms with van der Waals surface area (Å²) in [6, 6.07) is 2.50. The van der Waals surface area contributed by atoms with Crippen LogP contribution >= 0.6 is 0 Å². The van der Waals surface area contributed by atoms with Gasteiger partial charge in [-0.15, -0.1) is 0 Å². The van der Waals surface area contributed by atoms with Gasteiger partial charge in [0.05, 0.1) is 12.8 Å². The number of hydrogen-bond donors (Lipinski definition) is 2. The van der Waals surface area contributed by atoms with Crippen molar-refractivity contribution in [1.29, 1.82) is 0 Å². The molecule has 0 aromatic carbocycles. The Morgan fingerprint density at radius 1 is 1.27 bits per heavy atom. The van der Waals surface area contributed by atoms with E-state index in [0.29, 0.717) is 6.42 Å². The van der Waals surface area contributed by atoms with E-state index in [1.54, 1.807) is 20.2 Å². The molecule has 0 radical (unpaired) electrons. The lowest BCUT2D eigenvalue weighted by Gasteiger charge is -2.23. The van der Waals surface area contributed by atoms with Gasteiger partial charge in [0.25, 0.3) is 5.91 Å². The summed E-state index contributed by atoms with van der Waals surface area (Å²) in [4.78, 5) is 37.1. The Labute approximate surface area is 130 Å². The van der Waals surface area contributed by atoms with Gasteiger partial charge in [-0.3, -0.25) is 14.4 Å². The molecule has 22 heavy (non-hydrogen) atoms. The molecule has 7 heteroatoms. The van der Waals surface area contributed by atoms with Gasteiger partial charge in [-0.25, -0.2) is 0 Å². The summed E-state index contributed by atoms with van der Waals surface area (Å²) in [6.45, 7) is 3.73. The number of amides is 3. The second-order valence-electron chi connectivity index (χ2n) is 5.64. The molecule has 0 spiro atoms. The third-order valence-corrected chi connectivity index (χ3v) is 2.94. The Morgan fingerprint density at radius 2 is 1.95 bits per heavy atom. The van der Waals surface area contributed by atoms with Gasteiger partial charge in [0.1, 0.15) is 6.04 Å². The van der Waals surface area contributed by atoms with Crippen molar-refractivity contribution in [3.63, 3.8) is 0 Å². The van der Waals surface area contributed by atoms with Gasteiger partial charge in [0, 0.05) is 14.1 Å². The number of rotatable bonds is 7. The first-order valence-corrected chi connectivity index (χ1v) is 7.13. The molecule has 0 saturated carbocycles. The molecule has 0 aliphatic rings. The first kappa shape index (κ1) is 17.7. The lowest BCUT2D eigenvalue weighted by atomic mass is 10.0. The molecule has 1 aromatic heterocycles. The second kappa shape index (κ2) is 8.21. The third kappa shape index (κ3) is 5.59. The van der Waals surface area contributed by atoms with Crippen LogP contribution in [0.4, 0.5) is 0 Å². The molecular weight excluding hydrogens is 286 g/mol. The quantitative estimate of drug-likeness (QED) is 0.773. The standard InChI is InChI=1S/C15H23N3O4/c1-10(2)8-11(15(21)18(3)4)17-13(19)9-16-14(20)12-6-5-7-22-12/h5-7,10-11H,8-9H2,1-4H3,(H,16,20)(H,17,19). The lowest BCUT2D eigenvalue weighted by Crippen LogP contribution is -2.49. The Morgan fingerprint density at radius 3 is 2.45 bits per heavy atom. The Hall–Kier alpha value is -2.31. The average molecular weight is 309 g/mol. The van der Waals surface area contributed by atoms with Crippen molar-refractivity contribution >= 4 is 17.7 Å². The van der Waals surface area contributed by atoms with Crippen molar-refractivity contribution in [2.24, 2.45) is 5.92 Å². The van der Waals surface area contributed by atoms with Crippen LogP contribution in [0.3, 0.4) is 0 Å². The van der Waals surface area contributed by atoms with Crippen LogP contribution in [-0.2, 0) is 9.59 Å². The minimum Gasteiger partial charge on any atom is -0.459 e. The van der Waals surface area contributed by atoms with Crippen LogP contribution in [0.25, 0.3) is 0 Å². The molecular formula is C15H23N3O4. The maximum atomic E-state index is 12.0. The van der Waals surface area contributed by atoms with Crippen molar-refractivity contribution in [3.05, 3.63) is 24.2 Å². The normalized spacial score (nSPS) is 11.9. The van der Waals surface area contributed by atoms with Gasteiger partial charge in [0.15, 0.2) is 5.76 Å². The average Bonchev–Trinajstić information content (AvgIpc) is 2.96. The number of nitrogens with zero attached hydrogens (tertiary/aromatic N) is 1. The van der Waals surface area contributed by atoms with Crippen LogP contribution < -0.4 is 10.6 Å². The zero-order valence-electron chi connectivity index (χ0n) is 13.4. The number of nitrogens with one attached hydrogen (secondary N) is 2. The van der Waals surface area contributed by atoms with Crippen LogP contribution in [0, 0.1) is 5.92 Å². The lowest BCUT2D eigenvalue weighted by molar-refractivity contribution is -0.134. The van der Waals surface area contributed by atoms with E-state index in [-0.39, 0.29) is 24.1 Å². The summed E-state index contributed by atoms with van der Waals surface area (Å²) < 4.78 is 4.93. The monoisotopic (exact) mass is 309 g/mol. The SMILES string of the molecule is CC(C)CC(NC(=O)CNC(=O)c1ccco1)C(=O)N(C)C. The van der Waals surface area contributed by atoms with Crippen LogP contribution in [0.2, 0.25) is 0 Å². The fourth-order valence-corrected chi connectivity index (χ4v) is 1.91. The number of furan rings is 1. The topological polar surface area (TPSA) is 91.6 Å². The smallest absolute Gasteiger partial charge is 0.287 e. The zero-order valence-corrected chi connectivity index (χ0v) is 13.4. The van der Waals surface area contributed by atoms with E-state index in [2.05, 4.69) is 10.6 Å². The first-order valence-electron chi connectivity index (χ1n) is 7.13. The summed E-state index contributed by atoms with van der Waals surface area (Å²) >= 11 is 0. The zero-order chi connectivity index (χ0) is 16.7. The summed E-state index contributed by atoms with van der Waals surface area (Å²) in [5.74, 6) is -0.664. The Kier molecular flexibility index (Phi) is 6.62. The predicted octanol–water partition coefficient (Wildman–Crippen LogP) is 0.628. The number of likely N-dealkylation sites (N-methyl/N-ethyl adjacent to an activating group) is 1. The molecule has 0 aliphatic carbocycles. The molecule has 1 unspecified atom stereocenters. The molecule has 0 aliphatic heterocycles. The third-order valence-electron chi connectivity index (χ3n) is 2.94. The molecule has 3 amide bonds. The van der Waals surface area contributed by atoms with E-state index in [1.807, 2.05) is 13.8 Å². The summed E-state index contributed by atoms with van der Waals surface area (Å²) in [6.07, 6.45) is 1.91. The van der Waals surface area contributed by atoms with Crippen molar-refractivity contribution < 1.29 is 18.8 Å². The minimum absolute atomic E-state index is 0.135. The molecule has 2 N–H and O–H groups in total. The van der Waals surface area contributed by atoms with E-state index in [4.69, 9.17) is 4.42 Å². The highest BCUT2D eigenvalue weighted by Gasteiger charge is 2.23. The van der Waals surface area contributed by atoms with E-state index in [9.17, 15) is 14.4 Å². The largest absolute Gasteiger partial charge is 0.459 e. The van der Waals surface area contributed by atoms with E-state index < -0.39 is 17.9 Å². The molecule has 1 heterocycles. The fraction of sp³-hybridized carbons (Fsp3) is 0.533. The van der Waals surface area contributed by atoms with Crippen LogP contribution in [0.1, 0.15) is 30.8 Å². The fourth-order valence-electron chi connectivity index (χ4n) is 1.91. The molecule has 1 rings (SSSR count). The molecule has 122 valence electrons. The molecule has 7 nitrogen and oxygen atoms in total. The highest BCUT2D eigenvalue weighted by atomic mass is 16.3. The van der Waals surface area contributed by atoms with Gasteiger partial charge in [-0.1, -0.05) is 13.8 Å². The summed E-state index contributed by atoms with van der Waals surface area (Å²) in [5, 5.41) is 5.10. The van der Waals surface area contributed by atoms with Gasteiger partial charge in [0.2, 0.25) is 11.8 Å². The molecule has 1 atom stereocenters. The highest BCUT2D eigenvalue weighted by molar-refractivity contribution is 5.95. The van der Waals surface area contributed by atoms with E-state index >= 15 is 0 Å². The Bertz CT molecular complexity index is 509. The summed E-state index contributed by atoms with van der Waals surface area (Å²) in [5.41, 5.74) is 0. The molecule has 0 fully saturated rings. The van der Waals surface area contributed by atoms with Crippen LogP contribution in [0.15, 0.2) is 22.8 Å². The van der Waals surface area contributed by atoms with Crippen molar-refractivity contribution in [1.82, 2.24) is 15.5 Å². The molecule has 1 aromatic rings. The van der Waals surface area contributed by atoms with Gasteiger partial charge in [-0.2, -0.15) is 0 Å². The van der Waals surface area contributed by atoms with Crippen molar-refractivity contribution in [2.75, 3.05) is 20.6 Å². The molecule has 0 bridgehead atoms. The van der Waals surface area contributed by atoms with Gasteiger partial charge in [-0.05, 0) is 24.5 Å². The highest BCUT2D eigenvalue weighted by Crippen LogP contribution is 2.06. The van der Waals surface area contributed by atoms with Crippen molar-refractivity contribution in [3.8, 4) is 0 Å². The minimum atomic E-state index is -0.594. The van der Waals surface area contributed by atoms with Crippen LogP contribution in [0.5, 0.6) is 0 Å². The predicted molar refractivity (Wildman–Crippen MR) is 81.1 cm³/mol.